The molecule has 2 saturated heterocycles. The number of hydrogen-bond acceptors (Lipinski definition) is 7. The molecule has 10 heteroatoms. The predicted molar refractivity (Wildman–Crippen MR) is 143 cm³/mol. The predicted octanol–water partition coefficient (Wildman–Crippen LogP) is 5.27. The van der Waals surface area contributed by atoms with E-state index in [0.29, 0.717) is 55.4 Å². The number of nitrogens with zero attached hydrogens (tertiary/aromatic N) is 4. The second-order valence-electron chi connectivity index (χ2n) is 11.0. The molecule has 0 aliphatic carbocycles. The zero-order chi connectivity index (χ0) is 27.2. The highest BCUT2D eigenvalue weighted by Crippen LogP contribution is 2.48. The maximum absolute atomic E-state index is 15.3. The van der Waals surface area contributed by atoms with Crippen LogP contribution in [0, 0.1) is 24.0 Å². The molecule has 4 heterocycles. The summed E-state index contributed by atoms with van der Waals surface area (Å²) in [6.07, 6.45) is 4.51. The number of anilines is 4. The van der Waals surface area contributed by atoms with Gasteiger partial charge in [0.2, 0.25) is 0 Å². The molecule has 2 aliphatic rings. The average Bonchev–Trinajstić information content (AvgIpc) is 3.33. The molecule has 3 aromatic rings. The van der Waals surface area contributed by atoms with Crippen molar-refractivity contribution in [1.82, 2.24) is 9.97 Å². The van der Waals surface area contributed by atoms with Crippen LogP contribution in [0.1, 0.15) is 39.2 Å². The van der Waals surface area contributed by atoms with Crippen LogP contribution in [0.2, 0.25) is 0 Å². The third kappa shape index (κ3) is 4.30. The number of aliphatic carboxylic acids is 1. The van der Waals surface area contributed by atoms with Crippen molar-refractivity contribution in [2.24, 2.45) is 5.41 Å². The molecule has 1 aromatic carbocycles. The number of benzene rings is 1. The number of aromatic nitrogens is 2. The third-order valence-corrected chi connectivity index (χ3v) is 7.82. The number of rotatable bonds is 5. The Labute approximate surface area is 220 Å². The molecule has 5 rings (SSSR count). The van der Waals surface area contributed by atoms with Crippen molar-refractivity contribution < 1.29 is 23.4 Å². The second-order valence-corrected chi connectivity index (χ2v) is 11.0. The van der Waals surface area contributed by atoms with Crippen molar-refractivity contribution in [3.63, 3.8) is 0 Å². The van der Waals surface area contributed by atoms with E-state index in [9.17, 15) is 14.3 Å². The first-order valence-electron chi connectivity index (χ1n) is 12.9. The lowest BCUT2D eigenvalue weighted by atomic mass is 9.71. The molecule has 0 spiro atoms. The van der Waals surface area contributed by atoms with Crippen LogP contribution in [-0.2, 0) is 9.53 Å². The molecule has 0 saturated carbocycles. The molecule has 38 heavy (non-hydrogen) atoms. The smallest absolute Gasteiger partial charge is 0.330 e. The lowest BCUT2D eigenvalue weighted by molar-refractivity contribution is -0.147. The van der Waals surface area contributed by atoms with Crippen molar-refractivity contribution in [3.05, 3.63) is 47.8 Å². The molecule has 1 atom stereocenters. The highest BCUT2D eigenvalue weighted by Gasteiger charge is 2.56. The van der Waals surface area contributed by atoms with Gasteiger partial charge < -0.3 is 25.0 Å². The number of carboxylic acids is 1. The molecule has 0 unspecified atom stereocenters. The fourth-order valence-electron chi connectivity index (χ4n) is 5.88. The number of halogens is 2. The third-order valence-electron chi connectivity index (χ3n) is 7.82. The maximum Gasteiger partial charge on any atom is 0.330 e. The Morgan fingerprint density at radius 1 is 1.13 bits per heavy atom. The molecule has 202 valence electrons. The van der Waals surface area contributed by atoms with Gasteiger partial charge in [0.15, 0.2) is 0 Å². The SMILES string of the molecule is Cc1c(N2CCC[C@@]2(C(=O)O)C(C)(C)C)nc2cc(F)cc(F)c2c1Nc1cncc(N2CCOCC2)c1. The van der Waals surface area contributed by atoms with E-state index >= 15 is 4.39 Å². The standard InChI is InChI=1S/C28H33F2N5O3/c1-17-24(32-19-14-20(16-31-15-19)34-8-10-38-11-9-34)23-21(30)12-18(29)13-22(23)33-25(17)35-7-5-6-28(35,26(36)37)27(2,3)4/h12-16H,5-11H2,1-4H3,(H,32,33)(H,36,37)/t28-/m1/s1. The number of pyridine rings is 2. The van der Waals surface area contributed by atoms with Crippen LogP contribution >= 0.6 is 0 Å². The van der Waals surface area contributed by atoms with Gasteiger partial charge in [0, 0.05) is 37.3 Å². The summed E-state index contributed by atoms with van der Waals surface area (Å²) in [4.78, 5) is 25.8. The van der Waals surface area contributed by atoms with Gasteiger partial charge in [-0.2, -0.15) is 0 Å². The van der Waals surface area contributed by atoms with Gasteiger partial charge in [-0.05, 0) is 31.2 Å². The van der Waals surface area contributed by atoms with Crippen LogP contribution in [-0.4, -0.2) is 59.4 Å². The highest BCUT2D eigenvalue weighted by atomic mass is 19.1. The summed E-state index contributed by atoms with van der Waals surface area (Å²) < 4.78 is 35.1. The Balaban J connectivity index is 1.67. The number of carbonyl (C=O) groups is 1. The minimum absolute atomic E-state index is 0.114. The highest BCUT2D eigenvalue weighted by molar-refractivity contribution is 5.98. The molecule has 2 fully saturated rings. The van der Waals surface area contributed by atoms with Gasteiger partial charge in [-0.3, -0.25) is 4.98 Å². The molecule has 0 amide bonds. The molecule has 2 aromatic heterocycles. The van der Waals surface area contributed by atoms with Crippen LogP contribution in [0.25, 0.3) is 10.9 Å². The Kier molecular flexibility index (Phi) is 6.63. The molecule has 2 aliphatic heterocycles. The van der Waals surface area contributed by atoms with Crippen molar-refractivity contribution in [2.45, 2.75) is 46.1 Å². The largest absolute Gasteiger partial charge is 0.479 e. The normalized spacial score (nSPS) is 20.3. The van der Waals surface area contributed by atoms with Gasteiger partial charge in [-0.25, -0.2) is 18.6 Å². The van der Waals surface area contributed by atoms with Crippen LogP contribution in [0.3, 0.4) is 0 Å². The summed E-state index contributed by atoms with van der Waals surface area (Å²) in [6.45, 7) is 10.7. The minimum Gasteiger partial charge on any atom is -0.479 e. The van der Waals surface area contributed by atoms with E-state index in [1.54, 1.807) is 24.2 Å². The summed E-state index contributed by atoms with van der Waals surface area (Å²) in [5.74, 6) is -2.03. The lowest BCUT2D eigenvalue weighted by Crippen LogP contribution is -2.59. The quantitative estimate of drug-likeness (QED) is 0.466. The Bertz CT molecular complexity index is 1390. The summed E-state index contributed by atoms with van der Waals surface area (Å²) in [7, 11) is 0. The Hall–Kier alpha value is -3.53. The van der Waals surface area contributed by atoms with Crippen LogP contribution in [0.5, 0.6) is 0 Å². The van der Waals surface area contributed by atoms with Crippen molar-refractivity contribution in [1.29, 1.82) is 0 Å². The zero-order valence-corrected chi connectivity index (χ0v) is 22.1. The molecular weight excluding hydrogens is 492 g/mol. The van der Waals surface area contributed by atoms with Gasteiger partial charge in [0.25, 0.3) is 0 Å². The lowest BCUT2D eigenvalue weighted by Gasteiger charge is -2.45. The summed E-state index contributed by atoms with van der Waals surface area (Å²) >= 11 is 0. The van der Waals surface area contributed by atoms with Gasteiger partial charge in [-0.15, -0.1) is 0 Å². The summed E-state index contributed by atoms with van der Waals surface area (Å²) in [5.41, 5.74) is 0.775. The number of ether oxygens (including phenoxy) is 1. The van der Waals surface area contributed by atoms with Gasteiger partial charge in [0.05, 0.1) is 53.6 Å². The Morgan fingerprint density at radius 3 is 2.55 bits per heavy atom. The van der Waals surface area contributed by atoms with Crippen LogP contribution < -0.4 is 15.1 Å². The van der Waals surface area contributed by atoms with Gasteiger partial charge in [0.1, 0.15) is 23.0 Å². The second kappa shape index (κ2) is 9.65. The first kappa shape index (κ1) is 26.1. The first-order chi connectivity index (χ1) is 18.0. The topological polar surface area (TPSA) is 90.8 Å². The number of nitrogens with one attached hydrogen (secondary N) is 1. The van der Waals surface area contributed by atoms with Crippen LogP contribution in [0.4, 0.5) is 31.7 Å². The summed E-state index contributed by atoms with van der Waals surface area (Å²) in [5, 5.41) is 13.9. The molecule has 0 bridgehead atoms. The molecule has 0 radical (unpaired) electrons. The van der Waals surface area contributed by atoms with E-state index in [4.69, 9.17) is 4.74 Å². The Morgan fingerprint density at radius 2 is 1.87 bits per heavy atom. The minimum atomic E-state index is -1.22. The van der Waals surface area contributed by atoms with Gasteiger partial charge >= 0.3 is 5.97 Å². The zero-order valence-electron chi connectivity index (χ0n) is 22.1. The van der Waals surface area contributed by atoms with Crippen molar-refractivity contribution in [3.8, 4) is 0 Å². The van der Waals surface area contributed by atoms with Crippen LogP contribution in [0.15, 0.2) is 30.6 Å². The summed E-state index contributed by atoms with van der Waals surface area (Å²) in [6, 6.07) is 3.95. The average molecular weight is 526 g/mol. The van der Waals surface area contributed by atoms with E-state index in [1.807, 2.05) is 26.8 Å². The van der Waals surface area contributed by atoms with E-state index < -0.39 is 28.6 Å². The number of carboxylic acid groups (broad SMARTS) is 1. The van der Waals surface area contributed by atoms with Crippen molar-refractivity contribution >= 4 is 39.8 Å². The molecular formula is C28H33F2N5O3. The number of fused-ring (bicyclic) bond motifs is 1. The fourth-order valence-corrected chi connectivity index (χ4v) is 5.88. The fraction of sp³-hybridized carbons (Fsp3) is 0.464. The molecule has 2 N–H and O–H groups in total. The van der Waals surface area contributed by atoms with E-state index in [2.05, 4.69) is 20.2 Å². The van der Waals surface area contributed by atoms with E-state index in [-0.39, 0.29) is 10.9 Å². The molecule has 8 nitrogen and oxygen atoms in total. The van der Waals surface area contributed by atoms with E-state index in [0.717, 1.165) is 24.8 Å². The monoisotopic (exact) mass is 525 g/mol. The number of hydrogen-bond donors (Lipinski definition) is 2. The maximum atomic E-state index is 15.3. The number of morpholine rings is 1. The first-order valence-corrected chi connectivity index (χ1v) is 12.9. The van der Waals surface area contributed by atoms with Gasteiger partial charge in [-0.1, -0.05) is 20.8 Å². The van der Waals surface area contributed by atoms with Crippen molar-refractivity contribution in [2.75, 3.05) is 48.0 Å². The van der Waals surface area contributed by atoms with E-state index in [1.165, 1.54) is 6.07 Å².